The molecule has 4 aromatic rings. The second-order valence-corrected chi connectivity index (χ2v) is 14.2. The number of aryl methyl sites for hydroxylation is 1. The molecule has 1 N–H and O–H groups in total. The molecule has 0 radical (unpaired) electrons. The fraction of sp³-hybridized carbons (Fsp3) is 0.278. The zero-order valence-corrected chi connectivity index (χ0v) is 27.8. The van der Waals surface area contributed by atoms with Crippen molar-refractivity contribution < 1.29 is 18.0 Å². The Balaban J connectivity index is 1.36. The van der Waals surface area contributed by atoms with Crippen molar-refractivity contribution in [3.63, 3.8) is 0 Å². The van der Waals surface area contributed by atoms with Gasteiger partial charge in [0.15, 0.2) is 0 Å². The van der Waals surface area contributed by atoms with Gasteiger partial charge in [0.05, 0.1) is 4.90 Å². The Morgan fingerprint density at radius 1 is 0.804 bits per heavy atom. The molecule has 10 heteroatoms. The van der Waals surface area contributed by atoms with Crippen LogP contribution in [0.1, 0.15) is 41.5 Å². The first kappa shape index (κ1) is 33.7. The molecule has 0 spiro atoms. The molecular weight excluding hydrogens is 641 g/mol. The lowest BCUT2D eigenvalue weighted by Gasteiger charge is -2.32. The van der Waals surface area contributed by atoms with Crippen LogP contribution in [0.3, 0.4) is 0 Å². The average molecular weight is 679 g/mol. The van der Waals surface area contributed by atoms with Crippen LogP contribution in [0.5, 0.6) is 0 Å². The molecule has 1 heterocycles. The molecule has 1 saturated heterocycles. The highest BCUT2D eigenvalue weighted by atomic mass is 35.5. The van der Waals surface area contributed by atoms with E-state index in [0.717, 1.165) is 29.5 Å². The van der Waals surface area contributed by atoms with Crippen LogP contribution >= 0.6 is 23.2 Å². The van der Waals surface area contributed by atoms with Crippen LogP contribution in [0.15, 0.2) is 108 Å². The van der Waals surface area contributed by atoms with Gasteiger partial charge in [-0.15, -0.1) is 0 Å². The molecule has 0 saturated carbocycles. The molecule has 0 unspecified atom stereocenters. The largest absolute Gasteiger partial charge is 0.350 e. The fourth-order valence-corrected chi connectivity index (χ4v) is 7.59. The van der Waals surface area contributed by atoms with Crippen molar-refractivity contribution in [3.8, 4) is 0 Å². The Kier molecular flexibility index (Phi) is 11.5. The van der Waals surface area contributed by atoms with Gasteiger partial charge in [-0.1, -0.05) is 102 Å². The third kappa shape index (κ3) is 8.76. The summed E-state index contributed by atoms with van der Waals surface area (Å²) >= 11 is 12.4. The van der Waals surface area contributed by atoms with E-state index < -0.39 is 16.1 Å². The van der Waals surface area contributed by atoms with Gasteiger partial charge in [0.2, 0.25) is 21.8 Å². The van der Waals surface area contributed by atoms with Gasteiger partial charge >= 0.3 is 0 Å². The van der Waals surface area contributed by atoms with Crippen molar-refractivity contribution in [1.29, 1.82) is 0 Å². The maximum atomic E-state index is 14.0. The van der Waals surface area contributed by atoms with Crippen LogP contribution in [0.2, 0.25) is 10.0 Å². The first-order chi connectivity index (χ1) is 22.2. The summed E-state index contributed by atoms with van der Waals surface area (Å²) in [7, 11) is -3.52. The lowest BCUT2D eigenvalue weighted by atomic mass is 10.0. The Morgan fingerprint density at radius 2 is 1.43 bits per heavy atom. The Hall–Kier alpha value is -3.69. The van der Waals surface area contributed by atoms with Gasteiger partial charge in [0.1, 0.15) is 6.04 Å². The van der Waals surface area contributed by atoms with Crippen LogP contribution in [0.25, 0.3) is 0 Å². The van der Waals surface area contributed by atoms with Crippen molar-refractivity contribution in [2.45, 2.75) is 56.1 Å². The zero-order valence-electron chi connectivity index (χ0n) is 25.4. The van der Waals surface area contributed by atoms with Gasteiger partial charge in [-0.05, 0) is 65.8 Å². The average Bonchev–Trinajstić information content (AvgIpc) is 3.62. The maximum absolute atomic E-state index is 14.0. The van der Waals surface area contributed by atoms with Gasteiger partial charge < -0.3 is 10.2 Å². The normalized spacial score (nSPS) is 14.1. The quantitative estimate of drug-likeness (QED) is 0.171. The SMILES string of the molecule is O=C(NCc1ccc(Cl)cc1Cl)[C@@H](Cc1ccccc1)N(Cc1ccccc1)C(=O)CCc1ccc(S(=O)(=O)N2CCCC2)cc1. The Morgan fingerprint density at radius 3 is 2.07 bits per heavy atom. The number of benzene rings is 4. The molecule has 0 aliphatic carbocycles. The van der Waals surface area contributed by atoms with E-state index in [-0.39, 0.29) is 36.2 Å². The number of nitrogens with zero attached hydrogens (tertiary/aromatic N) is 2. The molecule has 46 heavy (non-hydrogen) atoms. The highest BCUT2D eigenvalue weighted by molar-refractivity contribution is 7.89. The minimum atomic E-state index is -3.52. The van der Waals surface area contributed by atoms with E-state index in [0.29, 0.717) is 41.5 Å². The highest BCUT2D eigenvalue weighted by Crippen LogP contribution is 2.23. The van der Waals surface area contributed by atoms with E-state index in [4.69, 9.17) is 23.2 Å². The van der Waals surface area contributed by atoms with Gasteiger partial charge in [0.25, 0.3) is 0 Å². The van der Waals surface area contributed by atoms with Crippen LogP contribution in [-0.2, 0) is 45.5 Å². The van der Waals surface area contributed by atoms with Crippen molar-refractivity contribution in [2.75, 3.05) is 13.1 Å². The van der Waals surface area contributed by atoms with Gasteiger partial charge in [-0.25, -0.2) is 8.42 Å². The smallest absolute Gasteiger partial charge is 0.243 e. The minimum absolute atomic E-state index is 0.145. The second kappa shape index (κ2) is 15.7. The monoisotopic (exact) mass is 677 g/mol. The van der Waals surface area contributed by atoms with E-state index >= 15 is 0 Å². The number of nitrogens with one attached hydrogen (secondary N) is 1. The van der Waals surface area contributed by atoms with Crippen molar-refractivity contribution in [3.05, 3.63) is 135 Å². The van der Waals surface area contributed by atoms with Crippen LogP contribution in [0, 0.1) is 0 Å². The highest BCUT2D eigenvalue weighted by Gasteiger charge is 2.31. The number of sulfonamides is 1. The first-order valence-electron chi connectivity index (χ1n) is 15.4. The molecule has 1 aliphatic rings. The topological polar surface area (TPSA) is 86.8 Å². The first-order valence-corrected chi connectivity index (χ1v) is 17.6. The molecule has 4 aromatic carbocycles. The summed E-state index contributed by atoms with van der Waals surface area (Å²) in [5.41, 5.74) is 3.38. The standard InChI is InChI=1S/C36H37Cl2N3O4S/c37-31-17-16-30(33(38)24-31)25-39-36(43)34(23-28-9-3-1-4-10-28)41(26-29-11-5-2-6-12-29)35(42)20-15-27-13-18-32(19-14-27)46(44,45)40-21-7-8-22-40/h1-6,9-14,16-19,24,34H,7-8,15,20-23,25-26H2,(H,39,43)/t34-/m1/s1. The summed E-state index contributed by atoms with van der Waals surface area (Å²) in [6, 6.07) is 30.3. The number of amides is 2. The zero-order chi connectivity index (χ0) is 32.5. The maximum Gasteiger partial charge on any atom is 0.243 e. The van der Waals surface area contributed by atoms with E-state index in [1.165, 1.54) is 4.31 Å². The van der Waals surface area contributed by atoms with Crippen molar-refractivity contribution in [2.24, 2.45) is 0 Å². The van der Waals surface area contributed by atoms with Crippen LogP contribution in [-0.4, -0.2) is 48.6 Å². The Bertz CT molecular complexity index is 1730. The lowest BCUT2D eigenvalue weighted by molar-refractivity contribution is -0.141. The summed E-state index contributed by atoms with van der Waals surface area (Å²) in [6.45, 7) is 1.51. The third-order valence-corrected chi connectivity index (χ3v) is 10.7. The van der Waals surface area contributed by atoms with Gasteiger partial charge in [0, 0.05) is 49.1 Å². The molecule has 5 rings (SSSR count). The second-order valence-electron chi connectivity index (χ2n) is 11.4. The van der Waals surface area contributed by atoms with Crippen LogP contribution in [0.4, 0.5) is 0 Å². The summed E-state index contributed by atoms with van der Waals surface area (Å²) in [5, 5.41) is 3.95. The van der Waals surface area contributed by atoms with E-state index in [9.17, 15) is 18.0 Å². The number of carbonyl (C=O) groups is 2. The number of carbonyl (C=O) groups excluding carboxylic acids is 2. The van der Waals surface area contributed by atoms with Gasteiger partial charge in [-0.2, -0.15) is 4.31 Å². The van der Waals surface area contributed by atoms with Gasteiger partial charge in [-0.3, -0.25) is 9.59 Å². The third-order valence-electron chi connectivity index (χ3n) is 8.19. The summed E-state index contributed by atoms with van der Waals surface area (Å²) in [4.78, 5) is 29.9. The lowest BCUT2D eigenvalue weighted by Crippen LogP contribution is -2.50. The molecular formula is C36H37Cl2N3O4S. The number of hydrogen-bond donors (Lipinski definition) is 1. The van der Waals surface area contributed by atoms with Crippen molar-refractivity contribution >= 4 is 45.0 Å². The van der Waals surface area contributed by atoms with Crippen molar-refractivity contribution in [1.82, 2.24) is 14.5 Å². The Labute approximate surface area is 281 Å². The molecule has 2 amide bonds. The van der Waals surface area contributed by atoms with Crippen LogP contribution < -0.4 is 5.32 Å². The predicted octanol–water partition coefficient (Wildman–Crippen LogP) is 6.67. The summed E-state index contributed by atoms with van der Waals surface area (Å²) in [5.74, 6) is -0.478. The minimum Gasteiger partial charge on any atom is -0.350 e. The van der Waals surface area contributed by atoms with E-state index in [2.05, 4.69) is 5.32 Å². The predicted molar refractivity (Wildman–Crippen MR) is 182 cm³/mol. The summed E-state index contributed by atoms with van der Waals surface area (Å²) in [6.07, 6.45) is 2.61. The molecule has 0 aromatic heterocycles. The molecule has 1 fully saturated rings. The molecule has 7 nitrogen and oxygen atoms in total. The number of rotatable bonds is 13. The number of halogens is 2. The number of hydrogen-bond acceptors (Lipinski definition) is 4. The molecule has 0 bridgehead atoms. The molecule has 240 valence electrons. The molecule has 1 atom stereocenters. The molecule has 1 aliphatic heterocycles. The van der Waals surface area contributed by atoms with E-state index in [1.54, 1.807) is 47.4 Å². The summed E-state index contributed by atoms with van der Waals surface area (Å²) < 4.78 is 27.4. The van der Waals surface area contributed by atoms with E-state index in [1.807, 2.05) is 60.7 Å². The fourth-order valence-electron chi connectivity index (χ4n) is 5.60.